The molecule has 1 aliphatic rings. The molecular formula is C17H20N2O. The Kier molecular flexibility index (Phi) is 3.97. The highest BCUT2D eigenvalue weighted by Gasteiger charge is 2.17. The molecule has 0 saturated heterocycles. The lowest BCUT2D eigenvalue weighted by molar-refractivity contribution is 0.321. The summed E-state index contributed by atoms with van der Waals surface area (Å²) in [7, 11) is 0. The number of rotatable bonds is 4. The summed E-state index contributed by atoms with van der Waals surface area (Å²) in [5.74, 6) is 0.926. The molecule has 2 aromatic rings. The largest absolute Gasteiger partial charge is 0.493 e. The summed E-state index contributed by atoms with van der Waals surface area (Å²) < 4.78 is 5.85. The van der Waals surface area contributed by atoms with Gasteiger partial charge in [-0.1, -0.05) is 6.07 Å². The van der Waals surface area contributed by atoms with E-state index < -0.39 is 0 Å². The summed E-state index contributed by atoms with van der Waals surface area (Å²) in [5, 5.41) is 0. The number of aromatic nitrogens is 1. The summed E-state index contributed by atoms with van der Waals surface area (Å²) in [5.41, 5.74) is 10.1. The molecule has 0 aliphatic heterocycles. The SMILES string of the molecule is N[C@@H]1CCCc2ccc(OCCc3ccncc3)cc21. The second kappa shape index (κ2) is 6.06. The zero-order valence-corrected chi connectivity index (χ0v) is 11.6. The van der Waals surface area contributed by atoms with Crippen LogP contribution in [0.1, 0.15) is 35.6 Å². The van der Waals surface area contributed by atoms with Gasteiger partial charge in [-0.25, -0.2) is 0 Å². The van der Waals surface area contributed by atoms with Crippen molar-refractivity contribution in [2.24, 2.45) is 5.73 Å². The van der Waals surface area contributed by atoms with E-state index in [-0.39, 0.29) is 6.04 Å². The Balaban J connectivity index is 1.62. The molecule has 0 amide bonds. The molecule has 0 saturated carbocycles. The Hall–Kier alpha value is -1.87. The predicted molar refractivity (Wildman–Crippen MR) is 79.7 cm³/mol. The number of pyridine rings is 1. The van der Waals surface area contributed by atoms with Crippen molar-refractivity contribution >= 4 is 0 Å². The summed E-state index contributed by atoms with van der Waals surface area (Å²) in [4.78, 5) is 4.01. The molecule has 1 aromatic carbocycles. The highest BCUT2D eigenvalue weighted by Crippen LogP contribution is 2.30. The number of nitrogens with two attached hydrogens (primary N) is 1. The molecular weight excluding hydrogens is 248 g/mol. The quantitative estimate of drug-likeness (QED) is 0.927. The van der Waals surface area contributed by atoms with Crippen LogP contribution in [0.4, 0.5) is 0 Å². The standard InChI is InChI=1S/C17H20N2O/c18-17-3-1-2-14-4-5-15(12-16(14)17)20-11-8-13-6-9-19-10-7-13/h4-7,9-10,12,17H,1-3,8,11,18H2/t17-/m1/s1. The fraction of sp³-hybridized carbons (Fsp3) is 0.353. The minimum atomic E-state index is 0.169. The third-order valence-corrected chi connectivity index (χ3v) is 3.89. The molecule has 1 aromatic heterocycles. The van der Waals surface area contributed by atoms with E-state index in [0.717, 1.165) is 25.0 Å². The number of fused-ring (bicyclic) bond motifs is 1. The minimum Gasteiger partial charge on any atom is -0.493 e. The average Bonchev–Trinajstić information content (AvgIpc) is 2.49. The van der Waals surface area contributed by atoms with E-state index >= 15 is 0 Å². The molecule has 3 nitrogen and oxygen atoms in total. The summed E-state index contributed by atoms with van der Waals surface area (Å²) >= 11 is 0. The first-order chi connectivity index (χ1) is 9.83. The Morgan fingerprint density at radius 2 is 2.05 bits per heavy atom. The highest BCUT2D eigenvalue weighted by molar-refractivity contribution is 5.39. The van der Waals surface area contributed by atoms with Gasteiger partial charge in [0.05, 0.1) is 6.61 Å². The molecule has 1 aliphatic carbocycles. The fourth-order valence-electron chi connectivity index (χ4n) is 2.74. The molecule has 2 N–H and O–H groups in total. The van der Waals surface area contributed by atoms with Crippen molar-refractivity contribution in [2.75, 3.05) is 6.61 Å². The first-order valence-electron chi connectivity index (χ1n) is 7.23. The van der Waals surface area contributed by atoms with Crippen LogP contribution >= 0.6 is 0 Å². The maximum Gasteiger partial charge on any atom is 0.119 e. The summed E-state index contributed by atoms with van der Waals surface area (Å²) in [6, 6.07) is 10.5. The molecule has 3 rings (SSSR count). The van der Waals surface area contributed by atoms with Gasteiger partial charge in [-0.3, -0.25) is 4.98 Å². The number of hydrogen-bond donors (Lipinski definition) is 1. The van der Waals surface area contributed by atoms with Gasteiger partial charge in [0, 0.05) is 24.9 Å². The molecule has 104 valence electrons. The van der Waals surface area contributed by atoms with Crippen LogP contribution in [0.5, 0.6) is 5.75 Å². The van der Waals surface area contributed by atoms with Crippen LogP contribution in [-0.4, -0.2) is 11.6 Å². The summed E-state index contributed by atoms with van der Waals surface area (Å²) in [6.45, 7) is 0.679. The maximum atomic E-state index is 6.17. The molecule has 3 heteroatoms. The topological polar surface area (TPSA) is 48.1 Å². The van der Waals surface area contributed by atoms with Crippen LogP contribution in [-0.2, 0) is 12.8 Å². The normalized spacial score (nSPS) is 17.6. The van der Waals surface area contributed by atoms with Crippen molar-refractivity contribution in [1.29, 1.82) is 0 Å². The van der Waals surface area contributed by atoms with Crippen LogP contribution in [0, 0.1) is 0 Å². The van der Waals surface area contributed by atoms with E-state index in [2.05, 4.69) is 23.2 Å². The number of ether oxygens (including phenoxy) is 1. The van der Waals surface area contributed by atoms with Gasteiger partial charge in [0.15, 0.2) is 0 Å². The molecule has 0 spiro atoms. The third kappa shape index (κ3) is 2.99. The minimum absolute atomic E-state index is 0.169. The van der Waals surface area contributed by atoms with Gasteiger partial charge in [0.1, 0.15) is 5.75 Å². The first kappa shape index (κ1) is 13.1. The molecule has 1 heterocycles. The Labute approximate surface area is 119 Å². The second-order valence-electron chi connectivity index (χ2n) is 5.31. The monoisotopic (exact) mass is 268 g/mol. The van der Waals surface area contributed by atoms with E-state index in [4.69, 9.17) is 10.5 Å². The van der Waals surface area contributed by atoms with Crippen LogP contribution in [0.25, 0.3) is 0 Å². The molecule has 0 bridgehead atoms. The van der Waals surface area contributed by atoms with Gasteiger partial charge >= 0.3 is 0 Å². The molecule has 1 atom stereocenters. The van der Waals surface area contributed by atoms with E-state index in [0.29, 0.717) is 6.61 Å². The number of nitrogens with zero attached hydrogens (tertiary/aromatic N) is 1. The van der Waals surface area contributed by atoms with Crippen molar-refractivity contribution in [3.63, 3.8) is 0 Å². The Bertz CT molecular complexity index is 568. The molecule has 0 unspecified atom stereocenters. The van der Waals surface area contributed by atoms with E-state index in [1.54, 1.807) is 0 Å². The lowest BCUT2D eigenvalue weighted by Gasteiger charge is -2.22. The van der Waals surface area contributed by atoms with Crippen molar-refractivity contribution in [1.82, 2.24) is 4.98 Å². The highest BCUT2D eigenvalue weighted by atomic mass is 16.5. The van der Waals surface area contributed by atoms with Gasteiger partial charge < -0.3 is 10.5 Å². The smallest absolute Gasteiger partial charge is 0.119 e. The second-order valence-corrected chi connectivity index (χ2v) is 5.31. The zero-order chi connectivity index (χ0) is 13.8. The van der Waals surface area contributed by atoms with Gasteiger partial charge in [-0.05, 0) is 60.2 Å². The number of benzene rings is 1. The van der Waals surface area contributed by atoms with Crippen molar-refractivity contribution < 1.29 is 4.74 Å². The van der Waals surface area contributed by atoms with Crippen molar-refractivity contribution in [3.8, 4) is 5.75 Å². The van der Waals surface area contributed by atoms with E-state index in [1.165, 1.54) is 23.1 Å². The van der Waals surface area contributed by atoms with Crippen LogP contribution in [0.3, 0.4) is 0 Å². The van der Waals surface area contributed by atoms with Crippen LogP contribution in [0.15, 0.2) is 42.7 Å². The van der Waals surface area contributed by atoms with Gasteiger partial charge in [-0.15, -0.1) is 0 Å². The number of hydrogen-bond acceptors (Lipinski definition) is 3. The van der Waals surface area contributed by atoms with Crippen molar-refractivity contribution in [3.05, 3.63) is 59.4 Å². The van der Waals surface area contributed by atoms with Gasteiger partial charge in [0.2, 0.25) is 0 Å². The molecule has 0 fully saturated rings. The van der Waals surface area contributed by atoms with Gasteiger partial charge in [0.25, 0.3) is 0 Å². The average molecular weight is 268 g/mol. The van der Waals surface area contributed by atoms with E-state index in [9.17, 15) is 0 Å². The predicted octanol–water partition coefficient (Wildman–Crippen LogP) is 3.04. The fourth-order valence-corrected chi connectivity index (χ4v) is 2.74. The number of aryl methyl sites for hydroxylation is 1. The van der Waals surface area contributed by atoms with Crippen LogP contribution < -0.4 is 10.5 Å². The maximum absolute atomic E-state index is 6.17. The first-order valence-corrected chi connectivity index (χ1v) is 7.23. The lowest BCUT2D eigenvalue weighted by atomic mass is 9.88. The molecule has 0 radical (unpaired) electrons. The molecule has 20 heavy (non-hydrogen) atoms. The van der Waals surface area contributed by atoms with E-state index in [1.807, 2.05) is 24.5 Å². The Morgan fingerprint density at radius 3 is 2.90 bits per heavy atom. The third-order valence-electron chi connectivity index (χ3n) is 3.89. The van der Waals surface area contributed by atoms with Gasteiger partial charge in [-0.2, -0.15) is 0 Å². The Morgan fingerprint density at radius 1 is 1.20 bits per heavy atom. The zero-order valence-electron chi connectivity index (χ0n) is 11.6. The summed E-state index contributed by atoms with van der Waals surface area (Å²) in [6.07, 6.45) is 7.93. The lowest BCUT2D eigenvalue weighted by Crippen LogP contribution is -2.17. The van der Waals surface area contributed by atoms with Crippen molar-refractivity contribution in [2.45, 2.75) is 31.7 Å². The van der Waals surface area contributed by atoms with Crippen LogP contribution in [0.2, 0.25) is 0 Å².